The fraction of sp³-hybridized carbons (Fsp3) is 0.222. The van der Waals surface area contributed by atoms with Crippen LogP contribution in [0.5, 0.6) is 0 Å². The van der Waals surface area contributed by atoms with E-state index in [9.17, 15) is 4.79 Å². The summed E-state index contributed by atoms with van der Waals surface area (Å²) in [5.74, 6) is -0.479. The van der Waals surface area contributed by atoms with Crippen LogP contribution in [-0.2, 0) is 4.79 Å². The Morgan fingerprint density at radius 2 is 2.06 bits per heavy atom. The van der Waals surface area contributed by atoms with Crippen LogP contribution < -0.4 is 11.1 Å². The van der Waals surface area contributed by atoms with Crippen molar-refractivity contribution in [2.45, 2.75) is 13.0 Å². The molecule has 0 saturated carbocycles. The van der Waals surface area contributed by atoms with Gasteiger partial charge in [0.2, 0.25) is 5.91 Å². The van der Waals surface area contributed by atoms with Crippen LogP contribution in [0.1, 0.15) is 6.92 Å². The van der Waals surface area contributed by atoms with Gasteiger partial charge in [-0.05, 0) is 13.0 Å². The highest BCUT2D eigenvalue weighted by molar-refractivity contribution is 7.00. The number of amides is 1. The topological polar surface area (TPSA) is 80.9 Å². The Bertz CT molecular complexity index is 586. The van der Waals surface area contributed by atoms with Crippen molar-refractivity contribution in [2.75, 3.05) is 5.32 Å². The van der Waals surface area contributed by atoms with Crippen LogP contribution >= 0.6 is 34.9 Å². The number of aromatic nitrogens is 2. The van der Waals surface area contributed by atoms with Gasteiger partial charge < -0.3 is 11.1 Å². The van der Waals surface area contributed by atoms with E-state index < -0.39 is 11.9 Å². The first-order valence-electron chi connectivity index (χ1n) is 4.67. The van der Waals surface area contributed by atoms with Gasteiger partial charge in [0.05, 0.1) is 27.5 Å². The molecule has 0 spiro atoms. The van der Waals surface area contributed by atoms with Gasteiger partial charge in [-0.25, -0.2) is 0 Å². The van der Waals surface area contributed by atoms with Gasteiger partial charge in [0, 0.05) is 0 Å². The largest absolute Gasteiger partial charge is 0.371 e. The predicted molar refractivity (Wildman–Crippen MR) is 69.7 cm³/mol. The minimum absolute atomic E-state index is 0.378. The summed E-state index contributed by atoms with van der Waals surface area (Å²) in [5, 5.41) is 3.71. The number of nitrogens with zero attached hydrogens (tertiary/aromatic N) is 2. The number of anilines is 1. The number of nitrogens with one attached hydrogen (secondary N) is 1. The van der Waals surface area contributed by atoms with Gasteiger partial charge in [-0.1, -0.05) is 23.2 Å². The van der Waals surface area contributed by atoms with Crippen molar-refractivity contribution in [3.63, 3.8) is 0 Å². The number of carbonyl (C=O) groups is 1. The Morgan fingerprint density at radius 3 is 2.71 bits per heavy atom. The zero-order valence-electron chi connectivity index (χ0n) is 8.70. The van der Waals surface area contributed by atoms with Gasteiger partial charge in [0.25, 0.3) is 0 Å². The van der Waals surface area contributed by atoms with Crippen molar-refractivity contribution < 1.29 is 4.79 Å². The monoisotopic (exact) mass is 290 g/mol. The summed E-state index contributed by atoms with van der Waals surface area (Å²) in [4.78, 5) is 11.0. The minimum Gasteiger partial charge on any atom is -0.371 e. The number of halogens is 2. The summed E-state index contributed by atoms with van der Waals surface area (Å²) in [6.45, 7) is 1.64. The molecular weight excluding hydrogens is 283 g/mol. The minimum atomic E-state index is -0.557. The lowest BCUT2D eigenvalue weighted by atomic mass is 10.2. The van der Waals surface area contributed by atoms with Crippen LogP contribution in [0.3, 0.4) is 0 Å². The first-order chi connectivity index (χ1) is 8.00. The molecular formula is C9H8Cl2N4OS. The molecule has 8 heteroatoms. The standard InChI is InChI=1S/C9H8Cl2N4OS/c1-3(9(12)16)13-6-4(10)2-5(11)7-8(6)15-17-14-7/h2-3,13H,1H3,(H2,12,16). The number of hydrogen-bond donors (Lipinski definition) is 2. The van der Waals surface area contributed by atoms with Crippen molar-refractivity contribution in [1.82, 2.24) is 8.75 Å². The lowest BCUT2D eigenvalue weighted by Gasteiger charge is -2.13. The summed E-state index contributed by atoms with van der Waals surface area (Å²) < 4.78 is 8.16. The SMILES string of the molecule is CC(Nc1c(Cl)cc(Cl)c2nsnc12)C(N)=O. The number of rotatable bonds is 3. The fourth-order valence-corrected chi connectivity index (χ4v) is 2.47. The van der Waals surface area contributed by atoms with Crippen LogP contribution in [0.2, 0.25) is 10.0 Å². The summed E-state index contributed by atoms with van der Waals surface area (Å²) in [6, 6.07) is 1.00. The normalized spacial score (nSPS) is 12.6. The third kappa shape index (κ3) is 2.29. The first-order valence-corrected chi connectivity index (χ1v) is 6.15. The molecule has 1 heterocycles. The van der Waals surface area contributed by atoms with E-state index in [0.717, 1.165) is 11.7 Å². The molecule has 5 nitrogen and oxygen atoms in total. The van der Waals surface area contributed by atoms with Crippen LogP contribution in [0.25, 0.3) is 11.0 Å². The smallest absolute Gasteiger partial charge is 0.239 e. The Balaban J connectivity index is 2.53. The average molecular weight is 291 g/mol. The van der Waals surface area contributed by atoms with E-state index in [0.29, 0.717) is 26.8 Å². The number of hydrogen-bond acceptors (Lipinski definition) is 5. The van der Waals surface area contributed by atoms with E-state index in [1.807, 2.05) is 0 Å². The molecule has 1 unspecified atom stereocenters. The first kappa shape index (κ1) is 12.3. The molecule has 2 rings (SSSR count). The molecule has 90 valence electrons. The van der Waals surface area contributed by atoms with E-state index >= 15 is 0 Å². The Hall–Kier alpha value is -1.11. The highest BCUT2D eigenvalue weighted by atomic mass is 35.5. The molecule has 1 amide bonds. The summed E-state index contributed by atoms with van der Waals surface area (Å²) >= 11 is 13.1. The molecule has 0 bridgehead atoms. The zero-order valence-corrected chi connectivity index (χ0v) is 11.0. The maximum atomic E-state index is 11.0. The van der Waals surface area contributed by atoms with Gasteiger partial charge in [-0.2, -0.15) is 8.75 Å². The molecule has 2 aromatic rings. The maximum Gasteiger partial charge on any atom is 0.239 e. The molecule has 0 radical (unpaired) electrons. The summed E-state index contributed by atoms with van der Waals surface area (Å²) in [5.41, 5.74) is 6.80. The van der Waals surface area contributed by atoms with Crippen LogP contribution in [0.4, 0.5) is 5.69 Å². The number of nitrogens with two attached hydrogens (primary N) is 1. The number of benzene rings is 1. The Labute approximate surface area is 111 Å². The molecule has 0 fully saturated rings. The third-order valence-corrected chi connectivity index (χ3v) is 3.35. The molecule has 0 aliphatic rings. The average Bonchev–Trinajstić information content (AvgIpc) is 2.72. The van der Waals surface area contributed by atoms with Crippen LogP contribution in [0.15, 0.2) is 6.07 Å². The van der Waals surface area contributed by atoms with E-state index in [4.69, 9.17) is 28.9 Å². The van der Waals surface area contributed by atoms with E-state index in [-0.39, 0.29) is 0 Å². The summed E-state index contributed by atoms with van der Waals surface area (Å²) in [6.07, 6.45) is 0. The summed E-state index contributed by atoms with van der Waals surface area (Å²) in [7, 11) is 0. The second-order valence-electron chi connectivity index (χ2n) is 3.45. The molecule has 1 atom stereocenters. The molecule has 0 aliphatic heterocycles. The zero-order chi connectivity index (χ0) is 12.6. The lowest BCUT2D eigenvalue weighted by molar-refractivity contribution is -0.118. The predicted octanol–water partition coefficient (Wildman–Crippen LogP) is 2.28. The molecule has 1 aromatic carbocycles. The third-order valence-electron chi connectivity index (χ3n) is 2.23. The number of fused-ring (bicyclic) bond motifs is 1. The van der Waals surface area contributed by atoms with Crippen molar-refractivity contribution >= 4 is 57.6 Å². The Kier molecular flexibility index (Phi) is 3.37. The molecule has 17 heavy (non-hydrogen) atoms. The van der Waals surface area contributed by atoms with Crippen molar-refractivity contribution in [3.8, 4) is 0 Å². The molecule has 1 aromatic heterocycles. The van der Waals surface area contributed by atoms with Gasteiger partial charge in [-0.15, -0.1) is 0 Å². The van der Waals surface area contributed by atoms with Gasteiger partial charge >= 0.3 is 0 Å². The lowest BCUT2D eigenvalue weighted by Crippen LogP contribution is -2.32. The van der Waals surface area contributed by atoms with Gasteiger partial charge in [-0.3, -0.25) is 4.79 Å². The fourth-order valence-electron chi connectivity index (χ4n) is 1.30. The molecule has 0 aliphatic carbocycles. The number of carbonyl (C=O) groups excluding carboxylic acids is 1. The van der Waals surface area contributed by atoms with Crippen molar-refractivity contribution in [2.24, 2.45) is 5.73 Å². The van der Waals surface area contributed by atoms with E-state index in [1.54, 1.807) is 13.0 Å². The second-order valence-corrected chi connectivity index (χ2v) is 4.79. The van der Waals surface area contributed by atoms with Crippen molar-refractivity contribution in [1.29, 1.82) is 0 Å². The van der Waals surface area contributed by atoms with Crippen LogP contribution in [-0.4, -0.2) is 20.7 Å². The maximum absolute atomic E-state index is 11.0. The molecule has 0 saturated heterocycles. The number of primary amides is 1. The Morgan fingerprint density at radius 1 is 1.41 bits per heavy atom. The van der Waals surface area contributed by atoms with Crippen LogP contribution in [0, 0.1) is 0 Å². The molecule has 3 N–H and O–H groups in total. The highest BCUT2D eigenvalue weighted by Gasteiger charge is 2.17. The quantitative estimate of drug-likeness (QED) is 0.909. The van der Waals surface area contributed by atoms with Gasteiger partial charge in [0.1, 0.15) is 17.1 Å². The van der Waals surface area contributed by atoms with E-state index in [2.05, 4.69) is 14.1 Å². The van der Waals surface area contributed by atoms with Gasteiger partial charge in [0.15, 0.2) is 0 Å². The van der Waals surface area contributed by atoms with E-state index in [1.165, 1.54) is 0 Å². The van der Waals surface area contributed by atoms with Crippen molar-refractivity contribution in [3.05, 3.63) is 16.1 Å². The second kappa shape index (κ2) is 4.64. The highest BCUT2D eigenvalue weighted by Crippen LogP contribution is 2.35.